The molecule has 1 amide bonds. The van der Waals surface area contributed by atoms with E-state index in [9.17, 15) is 9.18 Å². The van der Waals surface area contributed by atoms with Crippen LogP contribution in [0.5, 0.6) is 5.75 Å². The maximum absolute atomic E-state index is 13.1. The van der Waals surface area contributed by atoms with Crippen LogP contribution < -0.4 is 15.4 Å². The topological polar surface area (TPSA) is 50.4 Å². The van der Waals surface area contributed by atoms with E-state index in [4.69, 9.17) is 4.74 Å². The van der Waals surface area contributed by atoms with E-state index < -0.39 is 6.04 Å². The van der Waals surface area contributed by atoms with E-state index in [-0.39, 0.29) is 11.7 Å². The van der Waals surface area contributed by atoms with Gasteiger partial charge in [-0.2, -0.15) is 0 Å². The monoisotopic (exact) mass is 392 g/mol. The Morgan fingerprint density at radius 1 is 1.03 bits per heavy atom. The van der Waals surface area contributed by atoms with Gasteiger partial charge in [0, 0.05) is 6.54 Å². The van der Waals surface area contributed by atoms with E-state index in [0.717, 1.165) is 16.7 Å². The second-order valence-corrected chi connectivity index (χ2v) is 6.87. The number of carbonyl (C=O) groups excluding carboxylic acids is 1. The zero-order valence-electron chi connectivity index (χ0n) is 16.6. The fraction of sp³-hybridized carbons (Fsp3) is 0.208. The average molecular weight is 392 g/mol. The quantitative estimate of drug-likeness (QED) is 0.586. The second-order valence-electron chi connectivity index (χ2n) is 6.87. The Morgan fingerprint density at radius 2 is 1.76 bits per heavy atom. The van der Waals surface area contributed by atoms with Gasteiger partial charge < -0.3 is 15.4 Å². The number of amides is 1. The van der Waals surface area contributed by atoms with Crippen LogP contribution in [0.3, 0.4) is 0 Å². The predicted octanol–water partition coefficient (Wildman–Crippen LogP) is 4.65. The number of rotatable bonds is 8. The summed E-state index contributed by atoms with van der Waals surface area (Å²) in [6, 6.07) is 21.1. The van der Waals surface area contributed by atoms with E-state index in [1.165, 1.54) is 12.1 Å². The van der Waals surface area contributed by atoms with Crippen molar-refractivity contribution in [1.29, 1.82) is 0 Å². The van der Waals surface area contributed by atoms with Crippen LogP contribution in [0.15, 0.2) is 72.8 Å². The fourth-order valence-corrected chi connectivity index (χ4v) is 3.14. The zero-order valence-corrected chi connectivity index (χ0v) is 16.6. The number of methoxy groups -OCH3 is 1. The third kappa shape index (κ3) is 5.65. The van der Waals surface area contributed by atoms with Crippen LogP contribution in [0.4, 0.5) is 10.1 Å². The van der Waals surface area contributed by atoms with Crippen molar-refractivity contribution in [2.75, 3.05) is 19.0 Å². The van der Waals surface area contributed by atoms with Gasteiger partial charge in [-0.25, -0.2) is 4.39 Å². The van der Waals surface area contributed by atoms with Gasteiger partial charge in [0.2, 0.25) is 5.91 Å². The highest BCUT2D eigenvalue weighted by atomic mass is 19.1. The first-order valence-corrected chi connectivity index (χ1v) is 9.55. The summed E-state index contributed by atoms with van der Waals surface area (Å²) in [6.45, 7) is 2.54. The third-order valence-electron chi connectivity index (χ3n) is 4.68. The molecule has 5 heteroatoms. The molecule has 0 fully saturated rings. The van der Waals surface area contributed by atoms with Crippen molar-refractivity contribution in [2.24, 2.45) is 0 Å². The van der Waals surface area contributed by atoms with Gasteiger partial charge in [0.05, 0.1) is 12.8 Å². The minimum absolute atomic E-state index is 0.167. The van der Waals surface area contributed by atoms with Crippen molar-refractivity contribution in [2.45, 2.75) is 19.4 Å². The van der Waals surface area contributed by atoms with Crippen molar-refractivity contribution < 1.29 is 13.9 Å². The molecule has 3 rings (SSSR count). The van der Waals surface area contributed by atoms with E-state index in [2.05, 4.69) is 10.6 Å². The molecule has 0 bridgehead atoms. The highest BCUT2D eigenvalue weighted by Gasteiger charge is 2.21. The van der Waals surface area contributed by atoms with Crippen LogP contribution in [0.1, 0.15) is 22.7 Å². The second kappa shape index (κ2) is 9.85. The normalized spacial score (nSPS) is 11.7. The SMILES string of the molecule is COc1ccc(C)cc1NC(=O)C(NCCc1ccc(F)cc1)c1ccccc1. The summed E-state index contributed by atoms with van der Waals surface area (Å²) in [6.07, 6.45) is 0.685. The third-order valence-corrected chi connectivity index (χ3v) is 4.68. The Kier molecular flexibility index (Phi) is 6.98. The number of aryl methyl sites for hydroxylation is 1. The molecule has 3 aromatic carbocycles. The molecule has 1 unspecified atom stereocenters. The smallest absolute Gasteiger partial charge is 0.246 e. The van der Waals surface area contributed by atoms with Crippen LogP contribution in [0, 0.1) is 12.7 Å². The van der Waals surface area contributed by atoms with E-state index in [1.807, 2.05) is 55.5 Å². The molecule has 0 aliphatic carbocycles. The molecule has 0 aliphatic rings. The van der Waals surface area contributed by atoms with Crippen LogP contribution in [-0.4, -0.2) is 19.6 Å². The molecule has 0 saturated carbocycles. The number of hydrogen-bond donors (Lipinski definition) is 2. The van der Waals surface area contributed by atoms with Crippen LogP contribution in [0.2, 0.25) is 0 Å². The van der Waals surface area contributed by atoms with Gasteiger partial charge >= 0.3 is 0 Å². The number of ether oxygens (including phenoxy) is 1. The maximum atomic E-state index is 13.1. The van der Waals surface area contributed by atoms with E-state index in [0.29, 0.717) is 24.4 Å². The standard InChI is InChI=1S/C24H25FN2O2/c1-17-8-13-22(29-2)21(16-17)27-24(28)23(19-6-4-3-5-7-19)26-15-14-18-9-11-20(25)12-10-18/h3-13,16,23,26H,14-15H2,1-2H3,(H,27,28). The van der Waals surface area contributed by atoms with Gasteiger partial charge in [-0.05, 0) is 54.3 Å². The highest BCUT2D eigenvalue weighted by Crippen LogP contribution is 2.26. The maximum Gasteiger partial charge on any atom is 0.246 e. The molecular formula is C24H25FN2O2. The van der Waals surface area contributed by atoms with E-state index in [1.54, 1.807) is 19.2 Å². The van der Waals surface area contributed by atoms with Gasteiger partial charge in [0.25, 0.3) is 0 Å². The minimum Gasteiger partial charge on any atom is -0.495 e. The molecule has 3 aromatic rings. The summed E-state index contributed by atoms with van der Waals surface area (Å²) < 4.78 is 18.5. The summed E-state index contributed by atoms with van der Waals surface area (Å²) in [7, 11) is 1.58. The summed E-state index contributed by atoms with van der Waals surface area (Å²) in [5.74, 6) is 0.191. The molecule has 150 valence electrons. The van der Waals surface area contributed by atoms with Crippen LogP contribution in [0.25, 0.3) is 0 Å². The summed E-state index contributed by atoms with van der Waals surface area (Å²) >= 11 is 0. The Balaban J connectivity index is 1.74. The molecule has 0 heterocycles. The van der Waals surface area contributed by atoms with Crippen LogP contribution >= 0.6 is 0 Å². The van der Waals surface area contributed by atoms with Crippen molar-refractivity contribution in [3.8, 4) is 5.75 Å². The fourth-order valence-electron chi connectivity index (χ4n) is 3.14. The number of benzene rings is 3. The van der Waals surface area contributed by atoms with Crippen molar-refractivity contribution in [3.63, 3.8) is 0 Å². The minimum atomic E-state index is -0.526. The number of hydrogen-bond acceptors (Lipinski definition) is 3. The lowest BCUT2D eigenvalue weighted by molar-refractivity contribution is -0.118. The van der Waals surface area contributed by atoms with Gasteiger partial charge in [0.15, 0.2) is 0 Å². The highest BCUT2D eigenvalue weighted by molar-refractivity contribution is 5.96. The van der Waals surface area contributed by atoms with Gasteiger partial charge in [-0.3, -0.25) is 4.79 Å². The van der Waals surface area contributed by atoms with Crippen molar-refractivity contribution in [3.05, 3.63) is 95.3 Å². The molecule has 0 aromatic heterocycles. The Labute approximate surface area is 170 Å². The molecule has 1 atom stereocenters. The molecule has 0 saturated heterocycles. The lowest BCUT2D eigenvalue weighted by Gasteiger charge is -2.20. The zero-order chi connectivity index (χ0) is 20.6. The number of halogens is 1. The summed E-state index contributed by atoms with van der Waals surface area (Å²) in [5, 5.41) is 6.31. The number of nitrogens with one attached hydrogen (secondary N) is 2. The van der Waals surface area contributed by atoms with Gasteiger partial charge in [-0.15, -0.1) is 0 Å². The number of carbonyl (C=O) groups is 1. The molecule has 0 aliphatic heterocycles. The lowest BCUT2D eigenvalue weighted by atomic mass is 10.0. The van der Waals surface area contributed by atoms with Gasteiger partial charge in [0.1, 0.15) is 17.6 Å². The molecule has 0 radical (unpaired) electrons. The summed E-state index contributed by atoms with van der Waals surface area (Å²) in [5.41, 5.74) is 3.54. The van der Waals surface area contributed by atoms with Crippen molar-refractivity contribution >= 4 is 11.6 Å². The Morgan fingerprint density at radius 3 is 2.45 bits per heavy atom. The van der Waals surface area contributed by atoms with Gasteiger partial charge in [-0.1, -0.05) is 48.5 Å². The Bertz CT molecular complexity index is 943. The molecule has 4 nitrogen and oxygen atoms in total. The van der Waals surface area contributed by atoms with Crippen molar-refractivity contribution in [1.82, 2.24) is 5.32 Å². The molecule has 0 spiro atoms. The first kappa shape index (κ1) is 20.6. The molecule has 29 heavy (non-hydrogen) atoms. The first-order chi connectivity index (χ1) is 14.1. The lowest BCUT2D eigenvalue weighted by Crippen LogP contribution is -2.34. The predicted molar refractivity (Wildman–Crippen MR) is 114 cm³/mol. The number of anilines is 1. The molecule has 2 N–H and O–H groups in total. The summed E-state index contributed by atoms with van der Waals surface area (Å²) in [4.78, 5) is 13.1. The Hall–Kier alpha value is -3.18. The average Bonchev–Trinajstić information content (AvgIpc) is 2.73. The van der Waals surface area contributed by atoms with E-state index >= 15 is 0 Å². The molecular weight excluding hydrogens is 367 g/mol. The first-order valence-electron chi connectivity index (χ1n) is 9.55. The van der Waals surface area contributed by atoms with Crippen LogP contribution in [-0.2, 0) is 11.2 Å². The largest absolute Gasteiger partial charge is 0.495 e.